The molecule has 0 aliphatic carbocycles. The average Bonchev–Trinajstić information content (AvgIpc) is 2.46. The third-order valence-corrected chi connectivity index (χ3v) is 3.62. The zero-order chi connectivity index (χ0) is 13.0. The minimum atomic E-state index is -0.341. The van der Waals surface area contributed by atoms with Gasteiger partial charge in [0.25, 0.3) is 0 Å². The molecule has 0 spiro atoms. The number of benzene rings is 1. The van der Waals surface area contributed by atoms with E-state index < -0.39 is 0 Å². The second-order valence-electron chi connectivity index (χ2n) is 4.86. The Morgan fingerprint density at radius 3 is 2.67 bits per heavy atom. The van der Waals surface area contributed by atoms with E-state index in [0.717, 1.165) is 38.1 Å². The Hall–Kier alpha value is -1.06. The lowest BCUT2D eigenvalue weighted by atomic mass is 10.1. The van der Waals surface area contributed by atoms with Crippen molar-refractivity contribution in [2.45, 2.75) is 38.9 Å². The summed E-state index contributed by atoms with van der Waals surface area (Å²) in [5.74, 6) is 0. The van der Waals surface area contributed by atoms with Crippen LogP contribution in [0.15, 0.2) is 24.3 Å². The van der Waals surface area contributed by atoms with Crippen LogP contribution in [0.5, 0.6) is 0 Å². The van der Waals surface area contributed by atoms with Crippen molar-refractivity contribution in [3.8, 4) is 0 Å². The van der Waals surface area contributed by atoms with Crippen LogP contribution in [0.4, 0.5) is 5.69 Å². The number of morpholine rings is 1. The Bertz CT molecular complexity index is 363. The fourth-order valence-electron chi connectivity index (χ4n) is 2.34. The van der Waals surface area contributed by atoms with Crippen molar-refractivity contribution in [1.29, 1.82) is 0 Å². The predicted molar refractivity (Wildman–Crippen MR) is 73.9 cm³/mol. The van der Waals surface area contributed by atoms with E-state index in [2.05, 4.69) is 24.0 Å². The van der Waals surface area contributed by atoms with E-state index in [0.29, 0.717) is 6.10 Å². The van der Waals surface area contributed by atoms with E-state index >= 15 is 0 Å². The number of aliphatic hydroxyl groups excluding tert-OH is 1. The summed E-state index contributed by atoms with van der Waals surface area (Å²) < 4.78 is 5.68. The van der Waals surface area contributed by atoms with Crippen molar-refractivity contribution >= 4 is 5.69 Å². The lowest BCUT2D eigenvalue weighted by Crippen LogP contribution is -2.42. The van der Waals surface area contributed by atoms with Crippen molar-refractivity contribution in [3.05, 3.63) is 29.8 Å². The highest BCUT2D eigenvalue weighted by molar-refractivity contribution is 5.48. The fourth-order valence-corrected chi connectivity index (χ4v) is 2.34. The van der Waals surface area contributed by atoms with Gasteiger partial charge in [0.1, 0.15) is 0 Å². The predicted octanol–water partition coefficient (Wildman–Crippen LogP) is 2.75. The van der Waals surface area contributed by atoms with Gasteiger partial charge >= 0.3 is 0 Å². The summed E-state index contributed by atoms with van der Waals surface area (Å²) in [4.78, 5) is 2.36. The standard InChI is InChI=1S/C15H23NO2/c1-3-14-11-16(9-10-18-14)13-7-5-12(6-8-13)15(17)4-2/h5-8,14-15,17H,3-4,9-11H2,1-2H3/t14?,15-/m1/s1. The first-order valence-electron chi connectivity index (χ1n) is 6.89. The summed E-state index contributed by atoms with van der Waals surface area (Å²) >= 11 is 0. The molecule has 3 heteroatoms. The number of anilines is 1. The quantitative estimate of drug-likeness (QED) is 0.890. The lowest BCUT2D eigenvalue weighted by molar-refractivity contribution is 0.0384. The highest BCUT2D eigenvalue weighted by Crippen LogP contribution is 2.23. The summed E-state index contributed by atoms with van der Waals surface area (Å²) in [6.45, 7) is 6.87. The molecule has 100 valence electrons. The Kier molecular flexibility index (Phi) is 4.61. The highest BCUT2D eigenvalue weighted by Gasteiger charge is 2.19. The molecule has 2 rings (SSSR count). The first-order valence-corrected chi connectivity index (χ1v) is 6.89. The maximum Gasteiger partial charge on any atom is 0.0787 e. The Balaban J connectivity index is 2.04. The van der Waals surface area contributed by atoms with Gasteiger partial charge in [-0.2, -0.15) is 0 Å². The van der Waals surface area contributed by atoms with Crippen LogP contribution in [0.3, 0.4) is 0 Å². The van der Waals surface area contributed by atoms with Crippen LogP contribution in [0.25, 0.3) is 0 Å². The minimum absolute atomic E-state index is 0.341. The van der Waals surface area contributed by atoms with Gasteiger partial charge in [0.2, 0.25) is 0 Å². The SMILES string of the molecule is CCC1CN(c2ccc([C@H](O)CC)cc2)CCO1. The molecule has 1 aliphatic heterocycles. The second kappa shape index (κ2) is 6.21. The zero-order valence-electron chi connectivity index (χ0n) is 11.3. The van der Waals surface area contributed by atoms with E-state index in [-0.39, 0.29) is 6.10 Å². The van der Waals surface area contributed by atoms with E-state index in [1.54, 1.807) is 0 Å². The Morgan fingerprint density at radius 2 is 2.06 bits per heavy atom. The molecular weight excluding hydrogens is 226 g/mol. The summed E-state index contributed by atoms with van der Waals surface area (Å²) in [6, 6.07) is 8.26. The zero-order valence-corrected chi connectivity index (χ0v) is 11.3. The topological polar surface area (TPSA) is 32.7 Å². The van der Waals surface area contributed by atoms with Gasteiger partial charge in [0, 0.05) is 18.8 Å². The number of rotatable bonds is 4. The van der Waals surface area contributed by atoms with Crippen LogP contribution in [-0.4, -0.2) is 30.9 Å². The molecule has 0 bridgehead atoms. The molecule has 0 amide bonds. The van der Waals surface area contributed by atoms with Crippen LogP contribution in [-0.2, 0) is 4.74 Å². The van der Waals surface area contributed by atoms with Gasteiger partial charge in [-0.05, 0) is 30.5 Å². The Labute approximate surface area is 109 Å². The average molecular weight is 249 g/mol. The number of ether oxygens (including phenoxy) is 1. The molecule has 0 saturated carbocycles. The van der Waals surface area contributed by atoms with Crippen molar-refractivity contribution in [2.75, 3.05) is 24.6 Å². The molecule has 1 aliphatic rings. The first-order chi connectivity index (χ1) is 8.74. The van der Waals surface area contributed by atoms with Crippen LogP contribution in [0, 0.1) is 0 Å². The molecular formula is C15H23NO2. The van der Waals surface area contributed by atoms with Crippen molar-refractivity contribution in [1.82, 2.24) is 0 Å². The highest BCUT2D eigenvalue weighted by atomic mass is 16.5. The molecule has 1 N–H and O–H groups in total. The third-order valence-electron chi connectivity index (χ3n) is 3.62. The van der Waals surface area contributed by atoms with Gasteiger partial charge < -0.3 is 14.7 Å². The molecule has 1 unspecified atom stereocenters. The molecule has 2 atom stereocenters. The maximum absolute atomic E-state index is 9.78. The molecule has 18 heavy (non-hydrogen) atoms. The fraction of sp³-hybridized carbons (Fsp3) is 0.600. The normalized spacial score (nSPS) is 21.9. The van der Waals surface area contributed by atoms with Gasteiger partial charge in [0.15, 0.2) is 0 Å². The van der Waals surface area contributed by atoms with Gasteiger partial charge in [-0.15, -0.1) is 0 Å². The molecule has 1 aromatic rings. The third kappa shape index (κ3) is 3.03. The first kappa shape index (κ1) is 13.4. The molecule has 3 nitrogen and oxygen atoms in total. The van der Waals surface area contributed by atoms with E-state index in [1.807, 2.05) is 19.1 Å². The van der Waals surface area contributed by atoms with Gasteiger partial charge in [-0.1, -0.05) is 26.0 Å². The van der Waals surface area contributed by atoms with E-state index in [1.165, 1.54) is 5.69 Å². The van der Waals surface area contributed by atoms with E-state index in [4.69, 9.17) is 4.74 Å². The van der Waals surface area contributed by atoms with Crippen molar-refractivity contribution < 1.29 is 9.84 Å². The minimum Gasteiger partial charge on any atom is -0.388 e. The van der Waals surface area contributed by atoms with Gasteiger partial charge in [-0.25, -0.2) is 0 Å². The molecule has 0 radical (unpaired) electrons. The van der Waals surface area contributed by atoms with Crippen molar-refractivity contribution in [2.24, 2.45) is 0 Å². The van der Waals surface area contributed by atoms with Crippen LogP contribution >= 0.6 is 0 Å². The molecule has 1 saturated heterocycles. The van der Waals surface area contributed by atoms with Crippen LogP contribution in [0.2, 0.25) is 0 Å². The second-order valence-corrected chi connectivity index (χ2v) is 4.86. The summed E-state index contributed by atoms with van der Waals surface area (Å²) in [5, 5.41) is 9.78. The monoisotopic (exact) mass is 249 g/mol. The van der Waals surface area contributed by atoms with Crippen molar-refractivity contribution in [3.63, 3.8) is 0 Å². The van der Waals surface area contributed by atoms with E-state index in [9.17, 15) is 5.11 Å². The number of hydrogen-bond donors (Lipinski definition) is 1. The summed E-state index contributed by atoms with van der Waals surface area (Å²) in [7, 11) is 0. The molecule has 1 fully saturated rings. The smallest absolute Gasteiger partial charge is 0.0787 e. The van der Waals surface area contributed by atoms with Gasteiger partial charge in [0.05, 0.1) is 18.8 Å². The van der Waals surface area contributed by atoms with Crippen LogP contribution < -0.4 is 4.90 Å². The maximum atomic E-state index is 9.78. The Morgan fingerprint density at radius 1 is 1.33 bits per heavy atom. The summed E-state index contributed by atoms with van der Waals surface area (Å²) in [5.41, 5.74) is 2.23. The number of nitrogens with zero attached hydrogens (tertiary/aromatic N) is 1. The van der Waals surface area contributed by atoms with Gasteiger partial charge in [-0.3, -0.25) is 0 Å². The lowest BCUT2D eigenvalue weighted by Gasteiger charge is -2.34. The largest absolute Gasteiger partial charge is 0.388 e. The van der Waals surface area contributed by atoms with Crippen LogP contribution in [0.1, 0.15) is 38.4 Å². The molecule has 1 heterocycles. The number of aliphatic hydroxyl groups is 1. The summed E-state index contributed by atoms with van der Waals surface area (Å²) in [6.07, 6.45) is 1.82. The number of hydrogen-bond acceptors (Lipinski definition) is 3. The molecule has 0 aromatic heterocycles. The molecule has 1 aromatic carbocycles.